The van der Waals surface area contributed by atoms with E-state index in [9.17, 15) is 9.90 Å². The van der Waals surface area contributed by atoms with Crippen molar-refractivity contribution >= 4 is 29.5 Å². The Balaban J connectivity index is 0.000000355. The van der Waals surface area contributed by atoms with Crippen LogP contribution in [-0.2, 0) is 4.74 Å². The van der Waals surface area contributed by atoms with Gasteiger partial charge in [-0.25, -0.2) is 0 Å². The van der Waals surface area contributed by atoms with Crippen LogP contribution in [-0.4, -0.2) is 30.6 Å². The molecule has 1 aliphatic heterocycles. The summed E-state index contributed by atoms with van der Waals surface area (Å²) in [4.78, 5) is 10.9. The zero-order valence-electron chi connectivity index (χ0n) is 13.2. The van der Waals surface area contributed by atoms with Crippen LogP contribution in [0.25, 0.3) is 0 Å². The molecular weight excluding hydrogens is 349 g/mol. The second-order valence-electron chi connectivity index (χ2n) is 5.60. The van der Waals surface area contributed by atoms with Gasteiger partial charge in [-0.3, -0.25) is 4.79 Å². The molecule has 1 atom stereocenters. The standard InChI is InChI=1S/C15H12Cl2O2.C3H7NO/c1-9(12-4-2-3-5-13(12)16)10-6-11(8-18)15(19)14(17)7-10;4-3-1-5-2-3/h2-9,19H,1H3;3H,1-2,4H2. The second kappa shape index (κ2) is 8.49. The molecule has 0 saturated carbocycles. The van der Waals surface area contributed by atoms with E-state index in [4.69, 9.17) is 33.7 Å². The summed E-state index contributed by atoms with van der Waals surface area (Å²) in [5, 5.41) is 10.5. The molecule has 2 aromatic carbocycles. The van der Waals surface area contributed by atoms with Crippen LogP contribution in [0.4, 0.5) is 0 Å². The molecule has 0 spiro atoms. The minimum absolute atomic E-state index is 0.0227. The molecule has 0 aliphatic carbocycles. The van der Waals surface area contributed by atoms with Gasteiger partial charge in [0.05, 0.1) is 29.8 Å². The lowest BCUT2D eigenvalue weighted by atomic mass is 9.92. The summed E-state index contributed by atoms with van der Waals surface area (Å²) in [6.45, 7) is 3.50. The Labute approximate surface area is 151 Å². The van der Waals surface area contributed by atoms with E-state index in [0.29, 0.717) is 17.4 Å². The third-order valence-corrected chi connectivity index (χ3v) is 4.41. The monoisotopic (exact) mass is 367 g/mol. The summed E-state index contributed by atoms with van der Waals surface area (Å²) in [6, 6.07) is 11.1. The molecule has 6 heteroatoms. The van der Waals surface area contributed by atoms with E-state index in [1.165, 1.54) is 0 Å². The number of aldehydes is 1. The molecule has 3 N–H and O–H groups in total. The number of halogens is 2. The lowest BCUT2D eigenvalue weighted by molar-refractivity contribution is 0.0121. The normalized spacial score (nSPS) is 15.0. The van der Waals surface area contributed by atoms with Crippen LogP contribution in [0.15, 0.2) is 36.4 Å². The second-order valence-corrected chi connectivity index (χ2v) is 6.41. The Hall–Kier alpha value is -1.59. The number of hydrogen-bond acceptors (Lipinski definition) is 4. The number of rotatable bonds is 3. The van der Waals surface area contributed by atoms with E-state index < -0.39 is 0 Å². The Morgan fingerprint density at radius 1 is 1.25 bits per heavy atom. The van der Waals surface area contributed by atoms with E-state index in [-0.39, 0.29) is 22.3 Å². The van der Waals surface area contributed by atoms with Gasteiger partial charge in [-0.05, 0) is 29.3 Å². The minimum atomic E-state index is -0.188. The number of nitrogens with two attached hydrogens (primary N) is 1. The highest BCUT2D eigenvalue weighted by Gasteiger charge is 2.15. The lowest BCUT2D eigenvalue weighted by Crippen LogP contribution is -2.41. The number of aromatic hydroxyl groups is 1. The maximum absolute atomic E-state index is 10.9. The van der Waals surface area contributed by atoms with Crippen molar-refractivity contribution in [2.24, 2.45) is 5.73 Å². The number of ether oxygens (including phenoxy) is 1. The van der Waals surface area contributed by atoms with Crippen LogP contribution in [0.5, 0.6) is 5.75 Å². The highest BCUT2D eigenvalue weighted by Crippen LogP contribution is 2.35. The maximum Gasteiger partial charge on any atom is 0.153 e. The molecule has 128 valence electrons. The summed E-state index contributed by atoms with van der Waals surface area (Å²) in [5.41, 5.74) is 7.21. The smallest absolute Gasteiger partial charge is 0.153 e. The first-order valence-electron chi connectivity index (χ1n) is 7.49. The molecule has 1 unspecified atom stereocenters. The van der Waals surface area contributed by atoms with E-state index in [0.717, 1.165) is 24.3 Å². The minimum Gasteiger partial charge on any atom is -0.506 e. The van der Waals surface area contributed by atoms with Crippen LogP contribution < -0.4 is 5.73 Å². The third-order valence-electron chi connectivity index (χ3n) is 3.78. The van der Waals surface area contributed by atoms with Crippen molar-refractivity contribution in [1.29, 1.82) is 0 Å². The molecule has 4 nitrogen and oxygen atoms in total. The molecule has 0 bridgehead atoms. The number of hydrogen-bond donors (Lipinski definition) is 2. The molecule has 1 fully saturated rings. The zero-order valence-corrected chi connectivity index (χ0v) is 14.7. The van der Waals surface area contributed by atoms with E-state index in [1.54, 1.807) is 12.1 Å². The van der Waals surface area contributed by atoms with Gasteiger partial charge in [-0.1, -0.05) is 48.3 Å². The maximum atomic E-state index is 10.9. The fourth-order valence-corrected chi connectivity index (χ4v) is 2.78. The molecule has 3 rings (SSSR count). The summed E-state index contributed by atoms with van der Waals surface area (Å²) in [7, 11) is 0. The van der Waals surface area contributed by atoms with Gasteiger partial charge in [0.1, 0.15) is 5.75 Å². The predicted octanol–water partition coefficient (Wildman–Crippen LogP) is 4.01. The molecule has 2 aromatic rings. The van der Waals surface area contributed by atoms with Crippen LogP contribution in [0.1, 0.15) is 34.3 Å². The van der Waals surface area contributed by atoms with E-state index in [2.05, 4.69) is 0 Å². The Kier molecular flexibility index (Phi) is 6.63. The summed E-state index contributed by atoms with van der Waals surface area (Å²) in [5.74, 6) is -0.211. The fraction of sp³-hybridized carbons (Fsp3) is 0.278. The first-order chi connectivity index (χ1) is 11.4. The largest absolute Gasteiger partial charge is 0.506 e. The number of phenols is 1. The first-order valence-corrected chi connectivity index (χ1v) is 8.25. The van der Waals surface area contributed by atoms with Crippen molar-refractivity contribution in [2.45, 2.75) is 18.9 Å². The highest BCUT2D eigenvalue weighted by molar-refractivity contribution is 6.32. The van der Waals surface area contributed by atoms with Crippen LogP contribution >= 0.6 is 23.2 Å². The number of phenolic OH excluding ortho intramolecular Hbond substituents is 1. The van der Waals surface area contributed by atoms with Crippen molar-refractivity contribution in [1.82, 2.24) is 0 Å². The molecular formula is C18H19Cl2NO3. The van der Waals surface area contributed by atoms with Crippen molar-refractivity contribution in [3.63, 3.8) is 0 Å². The van der Waals surface area contributed by atoms with E-state index in [1.807, 2.05) is 31.2 Å². The van der Waals surface area contributed by atoms with Crippen LogP contribution in [0.3, 0.4) is 0 Å². The molecule has 1 aliphatic rings. The molecule has 0 aromatic heterocycles. The van der Waals surface area contributed by atoms with E-state index >= 15 is 0 Å². The average molecular weight is 368 g/mol. The van der Waals surface area contributed by atoms with Gasteiger partial charge < -0.3 is 15.6 Å². The van der Waals surface area contributed by atoms with Crippen LogP contribution in [0.2, 0.25) is 10.0 Å². The van der Waals surface area contributed by atoms with Gasteiger partial charge in [-0.15, -0.1) is 0 Å². The van der Waals surface area contributed by atoms with Crippen molar-refractivity contribution in [3.05, 3.63) is 63.1 Å². The first kappa shape index (κ1) is 18.7. The average Bonchev–Trinajstić information content (AvgIpc) is 2.55. The third kappa shape index (κ3) is 4.48. The highest BCUT2D eigenvalue weighted by atomic mass is 35.5. The summed E-state index contributed by atoms with van der Waals surface area (Å²) >= 11 is 12.1. The van der Waals surface area contributed by atoms with Crippen molar-refractivity contribution in [3.8, 4) is 5.75 Å². The quantitative estimate of drug-likeness (QED) is 0.803. The lowest BCUT2D eigenvalue weighted by Gasteiger charge is -2.20. The fourth-order valence-electron chi connectivity index (χ4n) is 2.24. The van der Waals surface area contributed by atoms with Gasteiger partial charge in [-0.2, -0.15) is 0 Å². The Morgan fingerprint density at radius 3 is 2.38 bits per heavy atom. The molecule has 1 heterocycles. The van der Waals surface area contributed by atoms with Gasteiger partial charge in [0.25, 0.3) is 0 Å². The van der Waals surface area contributed by atoms with Gasteiger partial charge in [0, 0.05) is 10.9 Å². The Bertz CT molecular complexity index is 717. The molecule has 1 saturated heterocycles. The predicted molar refractivity (Wildman–Crippen MR) is 96.3 cm³/mol. The topological polar surface area (TPSA) is 72.5 Å². The molecule has 24 heavy (non-hydrogen) atoms. The van der Waals surface area contributed by atoms with Crippen molar-refractivity contribution in [2.75, 3.05) is 13.2 Å². The molecule has 0 amide bonds. The van der Waals surface area contributed by atoms with Gasteiger partial charge >= 0.3 is 0 Å². The number of benzene rings is 2. The van der Waals surface area contributed by atoms with Gasteiger partial charge in [0.15, 0.2) is 6.29 Å². The SMILES string of the molecule is CC(c1cc(Cl)c(O)c(C=O)c1)c1ccccc1Cl.NC1COC1. The number of carbonyl (C=O) groups excluding carboxylic acids is 1. The zero-order chi connectivity index (χ0) is 17.7. The summed E-state index contributed by atoms with van der Waals surface area (Å²) < 4.78 is 4.71. The van der Waals surface area contributed by atoms with Gasteiger partial charge in [0.2, 0.25) is 0 Å². The number of carbonyl (C=O) groups is 1. The molecule has 0 radical (unpaired) electrons. The van der Waals surface area contributed by atoms with Crippen molar-refractivity contribution < 1.29 is 14.6 Å². The van der Waals surface area contributed by atoms with Crippen LogP contribution in [0, 0.1) is 0 Å². The summed E-state index contributed by atoms with van der Waals surface area (Å²) in [6.07, 6.45) is 0.587. The Morgan fingerprint density at radius 2 is 1.88 bits per heavy atom.